The maximum atomic E-state index is 14.7. The maximum absolute atomic E-state index is 14.7. The topological polar surface area (TPSA) is 187 Å². The molecule has 41 heavy (non-hydrogen) atoms. The summed E-state index contributed by atoms with van der Waals surface area (Å²) in [6, 6.07) is 6.66. The van der Waals surface area contributed by atoms with Crippen molar-refractivity contribution < 1.29 is 49.6 Å². The summed E-state index contributed by atoms with van der Waals surface area (Å²) in [5.41, 5.74) is 3.82. The zero-order valence-corrected chi connectivity index (χ0v) is 21.6. The lowest BCUT2D eigenvalue weighted by molar-refractivity contribution is -0.192. The number of aliphatic carboxylic acids is 1. The third kappa shape index (κ3) is 8.47. The van der Waals surface area contributed by atoms with E-state index in [0.29, 0.717) is 0 Å². The van der Waals surface area contributed by atoms with E-state index in [2.05, 4.69) is 24.6 Å². The first-order chi connectivity index (χ1) is 18.7. The van der Waals surface area contributed by atoms with Crippen LogP contribution >= 0.6 is 0 Å². The maximum Gasteiger partial charge on any atom is 0.490 e. The summed E-state index contributed by atoms with van der Waals surface area (Å²) in [4.78, 5) is 33.3. The van der Waals surface area contributed by atoms with Gasteiger partial charge in [0.15, 0.2) is 0 Å². The minimum atomic E-state index is -5.08. The Bertz CT molecular complexity index is 1510. The Labute approximate surface area is 227 Å². The monoisotopic (exact) mass is 612 g/mol. The first-order valence-corrected chi connectivity index (χ1v) is 12.4. The predicted molar refractivity (Wildman–Crippen MR) is 128 cm³/mol. The average Bonchev–Trinajstić information content (AvgIpc) is 2.86. The molecule has 0 saturated heterocycles. The molecule has 20 heteroatoms. The van der Waals surface area contributed by atoms with Gasteiger partial charge in [-0.1, -0.05) is 0 Å². The van der Waals surface area contributed by atoms with Crippen LogP contribution in [0.15, 0.2) is 39.8 Å². The van der Waals surface area contributed by atoms with Crippen LogP contribution in [0.1, 0.15) is 28.7 Å². The Kier molecular flexibility index (Phi) is 9.49. The van der Waals surface area contributed by atoms with Crippen LogP contribution in [-0.2, 0) is 20.2 Å². The fourth-order valence-electron chi connectivity index (χ4n) is 3.06. The molecule has 0 aromatic carbocycles. The molecule has 0 bridgehead atoms. The van der Waals surface area contributed by atoms with E-state index in [1.165, 1.54) is 32.3 Å². The van der Waals surface area contributed by atoms with Gasteiger partial charge >= 0.3 is 18.3 Å². The van der Waals surface area contributed by atoms with Crippen LogP contribution in [-0.4, -0.2) is 73.1 Å². The smallest absolute Gasteiger partial charge is 0.475 e. The van der Waals surface area contributed by atoms with Crippen LogP contribution in [0.4, 0.5) is 36.6 Å². The molecular weight excluding hydrogens is 593 g/mol. The summed E-state index contributed by atoms with van der Waals surface area (Å²) < 4.78 is 102. The number of nitrogens with zero attached hydrogens (tertiary/aromatic N) is 6. The summed E-state index contributed by atoms with van der Waals surface area (Å²) in [5, 5.41) is 18.3. The molecule has 0 aliphatic carbocycles. The number of anilines is 1. The summed E-state index contributed by atoms with van der Waals surface area (Å²) in [7, 11) is -2.58. The quantitative estimate of drug-likeness (QED) is 0.440. The molecule has 3 rings (SSSR count). The second kappa shape index (κ2) is 11.9. The molecule has 0 saturated carbocycles. The molecule has 0 spiro atoms. The highest BCUT2D eigenvalue weighted by Crippen LogP contribution is 2.34. The Morgan fingerprint density at radius 2 is 1.85 bits per heavy atom. The molecule has 12 nitrogen and oxygen atoms in total. The van der Waals surface area contributed by atoms with E-state index in [1.54, 1.807) is 0 Å². The largest absolute Gasteiger partial charge is 0.490 e. The lowest BCUT2D eigenvalue weighted by atomic mass is 10.00. The van der Waals surface area contributed by atoms with E-state index >= 15 is 0 Å². The van der Waals surface area contributed by atoms with Gasteiger partial charge in [-0.25, -0.2) is 32.7 Å². The number of aromatic nitrogens is 2. The van der Waals surface area contributed by atoms with Gasteiger partial charge in [0.25, 0.3) is 5.91 Å². The van der Waals surface area contributed by atoms with Gasteiger partial charge < -0.3 is 16.2 Å². The molecule has 2 aromatic heterocycles. The lowest BCUT2D eigenvalue weighted by Crippen LogP contribution is -2.51. The van der Waals surface area contributed by atoms with E-state index in [0.717, 1.165) is 16.4 Å². The van der Waals surface area contributed by atoms with Gasteiger partial charge in [0.2, 0.25) is 5.96 Å². The van der Waals surface area contributed by atoms with Gasteiger partial charge in [0.05, 0.1) is 11.3 Å². The van der Waals surface area contributed by atoms with E-state index in [-0.39, 0.29) is 17.1 Å². The van der Waals surface area contributed by atoms with Crippen molar-refractivity contribution in [1.82, 2.24) is 14.3 Å². The van der Waals surface area contributed by atoms with Crippen LogP contribution in [0, 0.1) is 17.1 Å². The number of amides is 1. The number of hydrogen-bond acceptors (Lipinski definition) is 9. The van der Waals surface area contributed by atoms with Crippen LogP contribution < -0.4 is 11.1 Å². The van der Waals surface area contributed by atoms with Crippen molar-refractivity contribution in [2.45, 2.75) is 24.8 Å². The Morgan fingerprint density at radius 1 is 1.24 bits per heavy atom. The molecule has 0 radical (unpaired) electrons. The van der Waals surface area contributed by atoms with E-state index in [1.807, 2.05) is 6.07 Å². The molecule has 3 heterocycles. The van der Waals surface area contributed by atoms with Crippen molar-refractivity contribution in [1.29, 1.82) is 5.26 Å². The molecule has 2 atom stereocenters. The van der Waals surface area contributed by atoms with Gasteiger partial charge in [0, 0.05) is 13.2 Å². The summed E-state index contributed by atoms with van der Waals surface area (Å²) >= 11 is 0. The molecule has 2 aromatic rings. The fraction of sp³-hybridized carbons (Fsp3) is 0.333. The standard InChI is InChI=1S/C19H18F4N8O2S.C2HF3O2/c1-18(10-34(33,27-9-19(21,22)23)31(2)17(25)30-18)15-12(20)4-6-14(28-15)29-16(32)13-5-3-11(7-24)8-26-13;3-2(4,5)1(6)7/h3-6,8H,9-10H2,1-2H3,(H2,25,30)(H,28,29,32);(H,6,7)/t18-,34?;/m0./s1. The minimum absolute atomic E-state index is 0.0478. The predicted octanol–water partition coefficient (Wildman–Crippen LogP) is 2.79. The van der Waals surface area contributed by atoms with Gasteiger partial charge in [0.1, 0.15) is 51.1 Å². The van der Waals surface area contributed by atoms with Gasteiger partial charge in [-0.15, -0.1) is 0 Å². The van der Waals surface area contributed by atoms with Crippen molar-refractivity contribution in [3.05, 3.63) is 53.2 Å². The zero-order valence-electron chi connectivity index (χ0n) is 20.8. The van der Waals surface area contributed by atoms with Gasteiger partial charge in [-0.05, 0) is 31.2 Å². The number of alkyl halides is 6. The number of nitrogens with one attached hydrogen (secondary N) is 1. The average molecular weight is 612 g/mol. The number of pyridine rings is 2. The Morgan fingerprint density at radius 3 is 2.34 bits per heavy atom. The van der Waals surface area contributed by atoms with Gasteiger partial charge in [-0.2, -0.15) is 31.6 Å². The number of halogens is 7. The van der Waals surface area contributed by atoms with Crippen molar-refractivity contribution in [2.24, 2.45) is 15.1 Å². The second-order valence-corrected chi connectivity index (χ2v) is 10.5. The highest BCUT2D eigenvalue weighted by Gasteiger charge is 2.43. The van der Waals surface area contributed by atoms with Crippen LogP contribution in [0.25, 0.3) is 0 Å². The normalized spacial score (nSPS) is 20.6. The van der Waals surface area contributed by atoms with Crippen molar-refractivity contribution in [2.75, 3.05) is 24.7 Å². The third-order valence-corrected chi connectivity index (χ3v) is 7.51. The number of rotatable bonds is 4. The van der Waals surface area contributed by atoms with E-state index < -0.39 is 69.5 Å². The summed E-state index contributed by atoms with van der Waals surface area (Å²) in [5.74, 6) is -5.55. The number of carboxylic acids is 1. The van der Waals surface area contributed by atoms with E-state index in [9.17, 15) is 39.7 Å². The zero-order chi connectivity index (χ0) is 31.4. The molecule has 4 N–H and O–H groups in total. The van der Waals surface area contributed by atoms with Crippen molar-refractivity contribution in [3.63, 3.8) is 0 Å². The number of hydrogen-bond donors (Lipinski definition) is 3. The minimum Gasteiger partial charge on any atom is -0.475 e. The number of aliphatic imine (C=N–C) groups is 1. The van der Waals surface area contributed by atoms with Crippen LogP contribution in [0.2, 0.25) is 0 Å². The Balaban J connectivity index is 0.000000745. The molecule has 1 aliphatic heterocycles. The van der Waals surface area contributed by atoms with E-state index in [4.69, 9.17) is 20.9 Å². The van der Waals surface area contributed by atoms with Crippen LogP contribution in [0.5, 0.6) is 0 Å². The van der Waals surface area contributed by atoms with Gasteiger partial charge in [-0.3, -0.25) is 9.10 Å². The first-order valence-electron chi connectivity index (χ1n) is 10.7. The molecule has 1 aliphatic rings. The second-order valence-electron chi connectivity index (χ2n) is 8.22. The molecule has 222 valence electrons. The summed E-state index contributed by atoms with van der Waals surface area (Å²) in [6.07, 6.45) is -8.60. The number of carbonyl (C=O) groups excluding carboxylic acids is 1. The SMILES string of the molecule is CN1C(N)=N[C@](C)(c2nc(NC(=O)c3ccc(C#N)cn3)ccc2F)CS1(=O)=NCC(F)(F)F.O=C(O)C(F)(F)F. The first kappa shape index (κ1) is 32.7. The van der Waals surface area contributed by atoms with Crippen LogP contribution in [0.3, 0.4) is 0 Å². The highest BCUT2D eigenvalue weighted by atomic mass is 32.2. The molecule has 0 fully saturated rings. The van der Waals surface area contributed by atoms with Crippen molar-refractivity contribution >= 4 is 33.6 Å². The summed E-state index contributed by atoms with van der Waals surface area (Å²) in [6.45, 7) is -0.391. The van der Waals surface area contributed by atoms with Crippen molar-refractivity contribution in [3.8, 4) is 6.07 Å². The molecule has 1 amide bonds. The third-order valence-electron chi connectivity index (χ3n) is 4.99. The molecular formula is C21H19F7N8O4S. The lowest BCUT2D eigenvalue weighted by Gasteiger charge is -2.36. The fourth-order valence-corrected chi connectivity index (χ4v) is 5.13. The number of nitriles is 1. The number of guanidine groups is 1. The number of nitrogens with two attached hydrogens (primary N) is 1. The Hall–Kier alpha value is -4.54. The molecule has 1 unspecified atom stereocenters. The number of carbonyl (C=O) groups is 2. The number of carboxylic acid groups (broad SMARTS) is 1. The highest BCUT2D eigenvalue weighted by molar-refractivity contribution is 7.92.